The van der Waals surface area contributed by atoms with Crippen LogP contribution in [0.2, 0.25) is 0 Å². The lowest BCUT2D eigenvalue weighted by Crippen LogP contribution is -2.39. The molecule has 8 nitrogen and oxygen atoms in total. The second kappa shape index (κ2) is 11.7. The number of hydrogen-bond acceptors (Lipinski definition) is 7. The molecule has 1 unspecified atom stereocenters. The number of ether oxygens (including phenoxy) is 2. The van der Waals surface area contributed by atoms with Gasteiger partial charge in [0.25, 0.3) is 0 Å². The molecule has 0 saturated carbocycles. The Balaban J connectivity index is 1.96. The highest BCUT2D eigenvalue weighted by atomic mass is 16.5. The molecule has 2 aromatic rings. The van der Waals surface area contributed by atoms with E-state index in [4.69, 9.17) is 9.47 Å². The first-order chi connectivity index (χ1) is 15.5. The zero-order valence-electron chi connectivity index (χ0n) is 19.2. The van der Waals surface area contributed by atoms with Crippen LogP contribution in [0, 0.1) is 0 Å². The molecule has 1 fully saturated rings. The van der Waals surface area contributed by atoms with E-state index in [1.165, 1.54) is 0 Å². The molecular weight excluding hydrogens is 408 g/mol. The number of aromatic nitrogens is 2. The van der Waals surface area contributed by atoms with E-state index in [-0.39, 0.29) is 12.3 Å². The molecule has 1 aliphatic heterocycles. The third-order valence-corrected chi connectivity index (χ3v) is 5.87. The summed E-state index contributed by atoms with van der Waals surface area (Å²) in [6.07, 6.45) is 6.08. The van der Waals surface area contributed by atoms with E-state index < -0.39 is 5.97 Å². The zero-order valence-corrected chi connectivity index (χ0v) is 19.2. The molecule has 1 aliphatic rings. The highest BCUT2D eigenvalue weighted by Crippen LogP contribution is 2.36. The minimum atomic E-state index is -0.787. The van der Waals surface area contributed by atoms with Crippen LogP contribution in [-0.4, -0.2) is 53.5 Å². The molecule has 1 aromatic carbocycles. The van der Waals surface area contributed by atoms with Crippen molar-refractivity contribution < 1.29 is 19.4 Å². The lowest BCUT2D eigenvalue weighted by atomic mass is 9.92. The molecule has 0 aliphatic carbocycles. The summed E-state index contributed by atoms with van der Waals surface area (Å²) in [5, 5.41) is 12.8. The number of benzene rings is 1. The molecule has 0 radical (unpaired) electrons. The molecule has 8 heteroatoms. The van der Waals surface area contributed by atoms with Crippen LogP contribution in [-0.2, 0) is 9.53 Å². The van der Waals surface area contributed by atoms with Crippen LogP contribution in [0.4, 0.5) is 17.2 Å². The van der Waals surface area contributed by atoms with Crippen LogP contribution in [0.1, 0.15) is 57.9 Å². The summed E-state index contributed by atoms with van der Waals surface area (Å²) >= 11 is 0. The number of aliphatic carboxylic acids is 1. The van der Waals surface area contributed by atoms with Gasteiger partial charge in [-0.15, -0.1) is 0 Å². The Labute approximate surface area is 190 Å². The quantitative estimate of drug-likeness (QED) is 0.521. The molecule has 0 amide bonds. The molecule has 3 rings (SSSR count). The largest absolute Gasteiger partial charge is 0.481 e. The summed E-state index contributed by atoms with van der Waals surface area (Å²) < 4.78 is 11.0. The van der Waals surface area contributed by atoms with Gasteiger partial charge >= 0.3 is 5.97 Å². The van der Waals surface area contributed by atoms with Crippen molar-refractivity contribution >= 4 is 23.2 Å². The first kappa shape index (κ1) is 23.8. The number of carbonyl (C=O) groups is 1. The number of anilines is 3. The summed E-state index contributed by atoms with van der Waals surface area (Å²) in [5.41, 5.74) is 2.98. The van der Waals surface area contributed by atoms with Crippen molar-refractivity contribution in [2.45, 2.75) is 58.4 Å². The van der Waals surface area contributed by atoms with Crippen molar-refractivity contribution in [3.8, 4) is 5.88 Å². The fraction of sp³-hybridized carbons (Fsp3) is 0.542. The van der Waals surface area contributed by atoms with Gasteiger partial charge < -0.3 is 24.8 Å². The van der Waals surface area contributed by atoms with Gasteiger partial charge in [0, 0.05) is 25.8 Å². The lowest BCUT2D eigenvalue weighted by Gasteiger charge is -2.36. The van der Waals surface area contributed by atoms with Crippen LogP contribution in [0.25, 0.3) is 0 Å². The molecule has 1 saturated heterocycles. The Morgan fingerprint density at radius 1 is 1.25 bits per heavy atom. The van der Waals surface area contributed by atoms with Gasteiger partial charge in [-0.1, -0.05) is 13.0 Å². The van der Waals surface area contributed by atoms with Gasteiger partial charge in [-0.25, -0.2) is 9.97 Å². The first-order valence-corrected chi connectivity index (χ1v) is 11.5. The monoisotopic (exact) mass is 442 g/mol. The van der Waals surface area contributed by atoms with Crippen LogP contribution in [0.5, 0.6) is 5.88 Å². The lowest BCUT2D eigenvalue weighted by molar-refractivity contribution is -0.137. The summed E-state index contributed by atoms with van der Waals surface area (Å²) in [6.45, 7) is 9.01. The Bertz CT molecular complexity index is 869. The third-order valence-electron chi connectivity index (χ3n) is 5.87. The van der Waals surface area contributed by atoms with Crippen molar-refractivity contribution in [3.63, 3.8) is 0 Å². The number of carboxylic acid groups (broad SMARTS) is 1. The predicted molar refractivity (Wildman–Crippen MR) is 125 cm³/mol. The van der Waals surface area contributed by atoms with Gasteiger partial charge in [-0.3, -0.25) is 4.79 Å². The third kappa shape index (κ3) is 6.09. The van der Waals surface area contributed by atoms with Crippen molar-refractivity contribution in [2.75, 3.05) is 36.6 Å². The Morgan fingerprint density at radius 3 is 2.62 bits per heavy atom. The van der Waals surface area contributed by atoms with Gasteiger partial charge in [0.15, 0.2) is 0 Å². The first-order valence-electron chi connectivity index (χ1n) is 11.5. The Hall–Kier alpha value is -2.87. The van der Waals surface area contributed by atoms with Crippen LogP contribution < -0.4 is 15.0 Å². The Kier molecular flexibility index (Phi) is 8.67. The second-order valence-corrected chi connectivity index (χ2v) is 7.91. The minimum absolute atomic E-state index is 0.0494. The summed E-state index contributed by atoms with van der Waals surface area (Å²) in [5.74, 6) is 0.259. The Morgan fingerprint density at radius 2 is 2.03 bits per heavy atom. The standard InChI is InChI=1S/C24H34N4O4/c1-4-17(14-24(29)30)18-7-8-21(28(5-2)19-9-11-31-12-10-19)20(13-18)27-22-15-26-23(16-25-22)32-6-3/h7-8,13,15-17,19H,4-6,9-12,14H2,1-3H3,(H,25,27)(H,29,30). The maximum absolute atomic E-state index is 11.4. The molecule has 0 bridgehead atoms. The van der Waals surface area contributed by atoms with E-state index in [0.717, 1.165) is 56.0 Å². The second-order valence-electron chi connectivity index (χ2n) is 7.91. The molecule has 0 spiro atoms. The number of carboxylic acids is 1. The summed E-state index contributed by atoms with van der Waals surface area (Å²) in [6, 6.07) is 6.62. The minimum Gasteiger partial charge on any atom is -0.481 e. The maximum Gasteiger partial charge on any atom is 0.303 e. The van der Waals surface area contributed by atoms with Crippen molar-refractivity contribution in [1.29, 1.82) is 0 Å². The van der Waals surface area contributed by atoms with E-state index in [2.05, 4.69) is 45.3 Å². The van der Waals surface area contributed by atoms with Crippen molar-refractivity contribution in [1.82, 2.24) is 9.97 Å². The van der Waals surface area contributed by atoms with E-state index >= 15 is 0 Å². The smallest absolute Gasteiger partial charge is 0.303 e. The normalized spacial score (nSPS) is 15.2. The fourth-order valence-electron chi connectivity index (χ4n) is 4.23. The van der Waals surface area contributed by atoms with E-state index in [1.807, 2.05) is 13.8 Å². The van der Waals surface area contributed by atoms with Gasteiger partial charge in [0.2, 0.25) is 5.88 Å². The summed E-state index contributed by atoms with van der Waals surface area (Å²) in [4.78, 5) is 22.5. The molecule has 2 heterocycles. The predicted octanol–water partition coefficient (Wildman–Crippen LogP) is 4.59. The van der Waals surface area contributed by atoms with Crippen LogP contribution in [0.15, 0.2) is 30.6 Å². The van der Waals surface area contributed by atoms with Crippen LogP contribution >= 0.6 is 0 Å². The molecule has 174 valence electrons. The maximum atomic E-state index is 11.4. The summed E-state index contributed by atoms with van der Waals surface area (Å²) in [7, 11) is 0. The average molecular weight is 443 g/mol. The average Bonchev–Trinajstić information content (AvgIpc) is 2.81. The molecule has 2 N–H and O–H groups in total. The fourth-order valence-corrected chi connectivity index (χ4v) is 4.23. The molecular formula is C24H34N4O4. The zero-order chi connectivity index (χ0) is 22.9. The SMILES string of the molecule is CCOc1cnc(Nc2cc(C(CC)CC(=O)O)ccc2N(CC)C2CCOCC2)cn1. The molecule has 1 aromatic heterocycles. The number of nitrogens with one attached hydrogen (secondary N) is 1. The highest BCUT2D eigenvalue weighted by molar-refractivity contribution is 5.76. The number of hydrogen-bond donors (Lipinski definition) is 2. The molecule has 1 atom stereocenters. The van der Waals surface area contributed by atoms with Gasteiger partial charge in [-0.2, -0.15) is 0 Å². The van der Waals surface area contributed by atoms with Crippen LogP contribution in [0.3, 0.4) is 0 Å². The van der Waals surface area contributed by atoms with E-state index in [9.17, 15) is 9.90 Å². The van der Waals surface area contributed by atoms with Gasteiger partial charge in [-0.05, 0) is 56.7 Å². The van der Waals surface area contributed by atoms with Gasteiger partial charge in [0.05, 0.1) is 36.8 Å². The van der Waals surface area contributed by atoms with Crippen molar-refractivity contribution in [3.05, 3.63) is 36.2 Å². The van der Waals surface area contributed by atoms with E-state index in [1.54, 1.807) is 12.4 Å². The topological polar surface area (TPSA) is 96.8 Å². The van der Waals surface area contributed by atoms with Crippen molar-refractivity contribution in [2.24, 2.45) is 0 Å². The number of rotatable bonds is 11. The highest BCUT2D eigenvalue weighted by Gasteiger charge is 2.24. The van der Waals surface area contributed by atoms with E-state index in [0.29, 0.717) is 24.3 Å². The number of nitrogens with zero attached hydrogens (tertiary/aromatic N) is 3. The van der Waals surface area contributed by atoms with Gasteiger partial charge in [0.1, 0.15) is 5.82 Å². The molecule has 32 heavy (non-hydrogen) atoms.